The van der Waals surface area contributed by atoms with Crippen LogP contribution in [0.2, 0.25) is 5.02 Å². The summed E-state index contributed by atoms with van der Waals surface area (Å²) in [6.07, 6.45) is 1.47. The van der Waals surface area contributed by atoms with Gasteiger partial charge in [-0.1, -0.05) is 41.4 Å². The summed E-state index contributed by atoms with van der Waals surface area (Å²) in [6.45, 7) is 2.40. The first-order chi connectivity index (χ1) is 12.5. The molecule has 1 amide bonds. The lowest BCUT2D eigenvalue weighted by Crippen LogP contribution is -2.24. The normalized spacial score (nSPS) is 10.4. The van der Waals surface area contributed by atoms with Crippen molar-refractivity contribution in [1.29, 1.82) is 0 Å². The van der Waals surface area contributed by atoms with Gasteiger partial charge in [0.05, 0.1) is 5.02 Å². The number of benzene rings is 2. The quantitative estimate of drug-likeness (QED) is 0.704. The van der Waals surface area contributed by atoms with Gasteiger partial charge in [0.1, 0.15) is 11.5 Å². The van der Waals surface area contributed by atoms with E-state index in [2.05, 4.69) is 20.6 Å². The molecule has 1 aromatic heterocycles. The Bertz CT molecular complexity index is 948. The number of carbonyl (C=O) groups is 1. The minimum atomic E-state index is -0.512. The summed E-state index contributed by atoms with van der Waals surface area (Å²) in [6, 6.07) is 13.6. The van der Waals surface area contributed by atoms with E-state index in [4.69, 9.17) is 11.6 Å². The molecule has 0 bridgehead atoms. The SMILES string of the molecule is Cc1cccc(CNC(=O)c2ccnc(Nc3ccc(F)c(Cl)c3)n2)c1. The number of carbonyl (C=O) groups excluding carboxylic acids is 1. The Balaban J connectivity index is 1.67. The molecular weight excluding hydrogens is 355 g/mol. The molecular formula is C19H16ClFN4O. The molecule has 0 radical (unpaired) electrons. The highest BCUT2D eigenvalue weighted by Crippen LogP contribution is 2.21. The second kappa shape index (κ2) is 7.93. The van der Waals surface area contributed by atoms with E-state index in [0.717, 1.165) is 11.1 Å². The van der Waals surface area contributed by atoms with E-state index in [-0.39, 0.29) is 22.6 Å². The Morgan fingerprint density at radius 1 is 1.19 bits per heavy atom. The Labute approximate surface area is 155 Å². The van der Waals surface area contributed by atoms with Crippen LogP contribution in [0.15, 0.2) is 54.7 Å². The summed E-state index contributed by atoms with van der Waals surface area (Å²) in [5.74, 6) is -0.604. The molecule has 2 aromatic carbocycles. The topological polar surface area (TPSA) is 66.9 Å². The van der Waals surface area contributed by atoms with Crippen molar-refractivity contribution in [3.63, 3.8) is 0 Å². The van der Waals surface area contributed by atoms with Crippen LogP contribution >= 0.6 is 11.6 Å². The zero-order valence-corrected chi connectivity index (χ0v) is 14.7. The number of rotatable bonds is 5. The number of aryl methyl sites for hydroxylation is 1. The van der Waals surface area contributed by atoms with Gasteiger partial charge in [0, 0.05) is 18.4 Å². The van der Waals surface area contributed by atoms with Gasteiger partial charge in [-0.25, -0.2) is 14.4 Å². The number of halogens is 2. The van der Waals surface area contributed by atoms with Gasteiger partial charge < -0.3 is 10.6 Å². The monoisotopic (exact) mass is 370 g/mol. The molecule has 7 heteroatoms. The molecule has 3 aromatic rings. The van der Waals surface area contributed by atoms with Crippen LogP contribution in [0.4, 0.5) is 16.0 Å². The summed E-state index contributed by atoms with van der Waals surface area (Å²) in [4.78, 5) is 20.5. The summed E-state index contributed by atoms with van der Waals surface area (Å²) < 4.78 is 13.2. The molecule has 1 heterocycles. The van der Waals surface area contributed by atoms with Crippen LogP contribution in [-0.2, 0) is 6.54 Å². The molecule has 0 aliphatic carbocycles. The average molecular weight is 371 g/mol. The van der Waals surface area contributed by atoms with E-state index >= 15 is 0 Å². The molecule has 0 aliphatic heterocycles. The van der Waals surface area contributed by atoms with Gasteiger partial charge in [0.2, 0.25) is 5.95 Å². The van der Waals surface area contributed by atoms with Crippen LogP contribution in [-0.4, -0.2) is 15.9 Å². The minimum Gasteiger partial charge on any atom is -0.347 e. The highest BCUT2D eigenvalue weighted by molar-refractivity contribution is 6.31. The molecule has 132 valence electrons. The predicted molar refractivity (Wildman–Crippen MR) is 99.1 cm³/mol. The number of hydrogen-bond acceptors (Lipinski definition) is 4. The van der Waals surface area contributed by atoms with Crippen LogP contribution in [0.5, 0.6) is 0 Å². The molecule has 0 spiro atoms. The van der Waals surface area contributed by atoms with Gasteiger partial charge in [-0.2, -0.15) is 0 Å². The van der Waals surface area contributed by atoms with Gasteiger partial charge in [-0.3, -0.25) is 4.79 Å². The van der Waals surface area contributed by atoms with Crippen molar-refractivity contribution in [3.8, 4) is 0 Å². The summed E-state index contributed by atoms with van der Waals surface area (Å²) in [5, 5.41) is 5.71. The van der Waals surface area contributed by atoms with E-state index in [1.165, 1.54) is 30.5 Å². The van der Waals surface area contributed by atoms with Crippen LogP contribution in [0.3, 0.4) is 0 Å². The minimum absolute atomic E-state index is 0.0120. The van der Waals surface area contributed by atoms with Gasteiger partial charge in [0.15, 0.2) is 0 Å². The van der Waals surface area contributed by atoms with Crippen molar-refractivity contribution in [2.75, 3.05) is 5.32 Å². The predicted octanol–water partition coefficient (Wildman–Crippen LogP) is 4.25. The van der Waals surface area contributed by atoms with E-state index in [1.54, 1.807) is 0 Å². The number of aromatic nitrogens is 2. The second-order valence-electron chi connectivity index (χ2n) is 5.69. The number of nitrogens with one attached hydrogen (secondary N) is 2. The Morgan fingerprint density at radius 3 is 2.81 bits per heavy atom. The molecule has 0 saturated carbocycles. The number of hydrogen-bond donors (Lipinski definition) is 2. The zero-order chi connectivity index (χ0) is 18.5. The molecule has 0 saturated heterocycles. The molecule has 0 unspecified atom stereocenters. The third-order valence-corrected chi connectivity index (χ3v) is 3.89. The van der Waals surface area contributed by atoms with Crippen molar-refractivity contribution in [2.24, 2.45) is 0 Å². The number of anilines is 2. The molecule has 0 fully saturated rings. The summed E-state index contributed by atoms with van der Waals surface area (Å²) in [7, 11) is 0. The number of amides is 1. The summed E-state index contributed by atoms with van der Waals surface area (Å²) in [5.41, 5.74) is 2.88. The fraction of sp³-hybridized carbons (Fsp3) is 0.105. The highest BCUT2D eigenvalue weighted by atomic mass is 35.5. The van der Waals surface area contributed by atoms with E-state index < -0.39 is 5.82 Å². The third-order valence-electron chi connectivity index (χ3n) is 3.60. The van der Waals surface area contributed by atoms with Crippen molar-refractivity contribution in [2.45, 2.75) is 13.5 Å². The van der Waals surface area contributed by atoms with Crippen molar-refractivity contribution in [1.82, 2.24) is 15.3 Å². The molecule has 2 N–H and O–H groups in total. The van der Waals surface area contributed by atoms with Gasteiger partial charge in [0.25, 0.3) is 5.91 Å². The van der Waals surface area contributed by atoms with Crippen LogP contribution in [0, 0.1) is 12.7 Å². The maximum atomic E-state index is 13.2. The van der Waals surface area contributed by atoms with Gasteiger partial charge in [-0.05, 0) is 36.8 Å². The van der Waals surface area contributed by atoms with Crippen LogP contribution in [0.1, 0.15) is 21.6 Å². The standard InChI is InChI=1S/C19H16ClFN4O/c1-12-3-2-4-13(9-12)11-23-18(26)17-7-8-22-19(25-17)24-14-5-6-16(21)15(20)10-14/h2-10H,11H2,1H3,(H,23,26)(H,22,24,25). The highest BCUT2D eigenvalue weighted by Gasteiger charge is 2.09. The van der Waals surface area contributed by atoms with E-state index in [9.17, 15) is 9.18 Å². The van der Waals surface area contributed by atoms with Crippen LogP contribution in [0.25, 0.3) is 0 Å². The van der Waals surface area contributed by atoms with Crippen molar-refractivity contribution < 1.29 is 9.18 Å². The smallest absolute Gasteiger partial charge is 0.270 e. The van der Waals surface area contributed by atoms with Crippen molar-refractivity contribution >= 4 is 29.1 Å². The first-order valence-electron chi connectivity index (χ1n) is 7.90. The third kappa shape index (κ3) is 4.55. The lowest BCUT2D eigenvalue weighted by atomic mass is 10.1. The van der Waals surface area contributed by atoms with Crippen molar-refractivity contribution in [3.05, 3.63) is 82.4 Å². The Kier molecular flexibility index (Phi) is 5.43. The lowest BCUT2D eigenvalue weighted by molar-refractivity contribution is 0.0946. The molecule has 0 atom stereocenters. The fourth-order valence-corrected chi connectivity index (χ4v) is 2.52. The Hall–Kier alpha value is -2.99. The van der Waals surface area contributed by atoms with E-state index in [1.807, 2.05) is 31.2 Å². The number of nitrogens with zero attached hydrogens (tertiary/aromatic N) is 2. The molecule has 26 heavy (non-hydrogen) atoms. The lowest BCUT2D eigenvalue weighted by Gasteiger charge is -2.08. The van der Waals surface area contributed by atoms with Crippen LogP contribution < -0.4 is 10.6 Å². The van der Waals surface area contributed by atoms with Gasteiger partial charge in [-0.15, -0.1) is 0 Å². The maximum Gasteiger partial charge on any atom is 0.270 e. The first kappa shape index (κ1) is 17.8. The molecule has 0 aliphatic rings. The Morgan fingerprint density at radius 2 is 2.04 bits per heavy atom. The maximum absolute atomic E-state index is 13.2. The fourth-order valence-electron chi connectivity index (χ4n) is 2.34. The summed E-state index contributed by atoms with van der Waals surface area (Å²) >= 11 is 5.75. The van der Waals surface area contributed by atoms with Gasteiger partial charge >= 0.3 is 0 Å². The average Bonchev–Trinajstić information content (AvgIpc) is 2.63. The molecule has 3 rings (SSSR count). The largest absolute Gasteiger partial charge is 0.347 e. The van der Waals surface area contributed by atoms with E-state index in [0.29, 0.717) is 12.2 Å². The molecule has 5 nitrogen and oxygen atoms in total. The zero-order valence-electron chi connectivity index (χ0n) is 14.0. The second-order valence-corrected chi connectivity index (χ2v) is 6.10. The first-order valence-corrected chi connectivity index (χ1v) is 8.28.